The quantitative estimate of drug-likeness (QED) is 0.586. The number of para-hydroxylation sites is 1. The fourth-order valence-corrected chi connectivity index (χ4v) is 4.50. The molecule has 2 aromatic carbocycles. The van der Waals surface area contributed by atoms with Gasteiger partial charge in [0.05, 0.1) is 22.0 Å². The molecule has 9 nitrogen and oxygen atoms in total. The number of thiazole rings is 1. The van der Waals surface area contributed by atoms with Gasteiger partial charge in [0, 0.05) is 11.6 Å². The summed E-state index contributed by atoms with van der Waals surface area (Å²) in [4.78, 5) is 16.6. The van der Waals surface area contributed by atoms with Gasteiger partial charge in [-0.25, -0.2) is 13.4 Å². The number of anilines is 2. The molecule has 1 aliphatic rings. The Morgan fingerprint density at radius 2 is 1.83 bits per heavy atom. The second-order valence-electron chi connectivity index (χ2n) is 6.28. The van der Waals surface area contributed by atoms with E-state index in [0.29, 0.717) is 17.1 Å². The van der Waals surface area contributed by atoms with Gasteiger partial charge in [-0.15, -0.1) is 11.3 Å². The molecule has 1 aromatic heterocycles. The molecule has 1 unspecified atom stereocenters. The van der Waals surface area contributed by atoms with Crippen molar-refractivity contribution in [1.29, 1.82) is 0 Å². The molecule has 0 spiro atoms. The fraction of sp³-hybridized carbons (Fsp3) is 0.105. The van der Waals surface area contributed by atoms with E-state index in [1.165, 1.54) is 46.8 Å². The number of nitrogens with one attached hydrogen (secondary N) is 1. The van der Waals surface area contributed by atoms with Gasteiger partial charge in [0.1, 0.15) is 0 Å². The largest absolute Gasteiger partial charge is 0.280 e. The lowest BCUT2D eigenvalue weighted by atomic mass is 10.2. The molecule has 0 radical (unpaired) electrons. The van der Waals surface area contributed by atoms with Crippen molar-refractivity contribution in [2.75, 3.05) is 9.73 Å². The third kappa shape index (κ3) is 4.11. The summed E-state index contributed by atoms with van der Waals surface area (Å²) in [5.74, 6) is -0.297. The van der Waals surface area contributed by atoms with Crippen LogP contribution in [0.15, 0.2) is 86.4 Å². The molecule has 3 aromatic rings. The summed E-state index contributed by atoms with van der Waals surface area (Å²) in [7, 11) is -3.74. The van der Waals surface area contributed by atoms with E-state index in [1.807, 2.05) is 18.2 Å². The summed E-state index contributed by atoms with van der Waals surface area (Å²) in [5.41, 5.74) is 1.60. The number of nitrogens with zero attached hydrogens (tertiary/aromatic N) is 5. The van der Waals surface area contributed by atoms with E-state index in [-0.39, 0.29) is 15.9 Å². The number of rotatable bonds is 6. The van der Waals surface area contributed by atoms with Gasteiger partial charge >= 0.3 is 0 Å². The first-order valence-corrected chi connectivity index (χ1v) is 11.2. The fourth-order valence-electron chi connectivity index (χ4n) is 2.71. The van der Waals surface area contributed by atoms with Crippen molar-refractivity contribution in [3.63, 3.8) is 0 Å². The minimum absolute atomic E-state index is 0.0709. The molecule has 1 amide bonds. The average molecular weight is 441 g/mol. The Morgan fingerprint density at radius 3 is 2.50 bits per heavy atom. The van der Waals surface area contributed by atoms with Crippen LogP contribution in [0.3, 0.4) is 0 Å². The van der Waals surface area contributed by atoms with Gasteiger partial charge in [0.2, 0.25) is 0 Å². The van der Waals surface area contributed by atoms with Crippen LogP contribution in [0.5, 0.6) is 0 Å². The number of carbonyl (C=O) groups is 1. The third-order valence-corrected chi connectivity index (χ3v) is 6.36. The van der Waals surface area contributed by atoms with Crippen LogP contribution in [0, 0.1) is 0 Å². The van der Waals surface area contributed by atoms with Crippen molar-refractivity contribution in [3.8, 4) is 0 Å². The predicted octanol–water partition coefficient (Wildman–Crippen LogP) is 3.82. The molecule has 1 N–H and O–H groups in total. The maximum Gasteiger partial charge on any atom is 0.280 e. The smallest absolute Gasteiger partial charge is 0.269 e. The molecular formula is C19H16N6O3S2. The normalized spacial score (nSPS) is 16.8. The van der Waals surface area contributed by atoms with Crippen molar-refractivity contribution < 1.29 is 13.2 Å². The number of hydrazone groups is 1. The first kappa shape index (κ1) is 19.9. The molecule has 1 atom stereocenters. The van der Waals surface area contributed by atoms with E-state index in [2.05, 4.69) is 25.0 Å². The Hall–Kier alpha value is -3.44. The van der Waals surface area contributed by atoms with E-state index in [4.69, 9.17) is 0 Å². The number of amides is 1. The third-order valence-electron chi connectivity index (χ3n) is 4.19. The molecule has 11 heteroatoms. The zero-order chi connectivity index (χ0) is 21.1. The first-order valence-electron chi connectivity index (χ1n) is 8.81. The second-order valence-corrected chi connectivity index (χ2v) is 8.86. The van der Waals surface area contributed by atoms with Crippen molar-refractivity contribution in [3.05, 3.63) is 66.2 Å². The lowest BCUT2D eigenvalue weighted by Crippen LogP contribution is -2.29. The van der Waals surface area contributed by atoms with E-state index in [0.717, 1.165) is 0 Å². The molecular weight excluding hydrogens is 424 g/mol. The second kappa shape index (κ2) is 8.13. The maximum absolute atomic E-state index is 12.6. The van der Waals surface area contributed by atoms with Crippen molar-refractivity contribution >= 4 is 49.5 Å². The number of aromatic nitrogens is 1. The minimum atomic E-state index is -3.74. The summed E-state index contributed by atoms with van der Waals surface area (Å²) in [6, 6.07) is 14.1. The van der Waals surface area contributed by atoms with Crippen molar-refractivity contribution in [2.45, 2.75) is 17.9 Å². The van der Waals surface area contributed by atoms with E-state index < -0.39 is 16.1 Å². The Kier molecular flexibility index (Phi) is 5.38. The molecule has 0 saturated heterocycles. The van der Waals surface area contributed by atoms with Crippen LogP contribution in [0.4, 0.5) is 16.5 Å². The van der Waals surface area contributed by atoms with Crippen LogP contribution in [-0.2, 0) is 14.8 Å². The molecule has 30 heavy (non-hydrogen) atoms. The van der Waals surface area contributed by atoms with Crippen LogP contribution in [-0.4, -0.2) is 31.1 Å². The van der Waals surface area contributed by atoms with Gasteiger partial charge in [0.25, 0.3) is 15.9 Å². The van der Waals surface area contributed by atoms with Crippen molar-refractivity contribution in [2.24, 2.45) is 15.3 Å². The predicted molar refractivity (Wildman–Crippen MR) is 115 cm³/mol. The van der Waals surface area contributed by atoms with Gasteiger partial charge in [-0.1, -0.05) is 18.2 Å². The number of azo groups is 1. The average Bonchev–Trinajstić information content (AvgIpc) is 3.35. The van der Waals surface area contributed by atoms with Gasteiger partial charge < -0.3 is 0 Å². The van der Waals surface area contributed by atoms with Crippen molar-refractivity contribution in [1.82, 2.24) is 4.98 Å². The standard InChI is InChI=1S/C19H16N6O3S2/c1-13-17(18(26)25(23-13)15-5-3-2-4-6-15)22-21-14-7-9-16(10-8-14)30(27,28)24-19-20-11-12-29-19/h2-12,17H,1H3,(H,20,24). The minimum Gasteiger partial charge on any atom is -0.269 e. The monoisotopic (exact) mass is 440 g/mol. The summed E-state index contributed by atoms with van der Waals surface area (Å²) in [6.07, 6.45) is 1.51. The highest BCUT2D eigenvalue weighted by atomic mass is 32.2. The molecule has 0 bridgehead atoms. The molecule has 1 aliphatic heterocycles. The maximum atomic E-state index is 12.6. The summed E-state index contributed by atoms with van der Waals surface area (Å²) < 4.78 is 27.1. The number of hydrogen-bond donors (Lipinski definition) is 1. The molecule has 0 aliphatic carbocycles. The molecule has 0 saturated carbocycles. The van der Waals surface area contributed by atoms with Crippen LogP contribution >= 0.6 is 11.3 Å². The topological polar surface area (TPSA) is 116 Å². The highest BCUT2D eigenvalue weighted by molar-refractivity contribution is 7.93. The van der Waals surface area contributed by atoms with Crippen LogP contribution < -0.4 is 9.73 Å². The van der Waals surface area contributed by atoms with Gasteiger partial charge in [0.15, 0.2) is 11.2 Å². The summed E-state index contributed by atoms with van der Waals surface area (Å²) in [5, 5.41) is 15.7. The zero-order valence-corrected chi connectivity index (χ0v) is 17.3. The summed E-state index contributed by atoms with van der Waals surface area (Å²) in [6.45, 7) is 1.71. The van der Waals surface area contributed by atoms with Crippen LogP contribution in [0.25, 0.3) is 0 Å². The number of benzene rings is 2. The molecule has 152 valence electrons. The lowest BCUT2D eigenvalue weighted by Gasteiger charge is -2.11. The van der Waals surface area contributed by atoms with E-state index in [9.17, 15) is 13.2 Å². The number of sulfonamides is 1. The molecule has 0 fully saturated rings. The lowest BCUT2D eigenvalue weighted by molar-refractivity contribution is -0.117. The first-order chi connectivity index (χ1) is 14.4. The number of carbonyl (C=O) groups excluding carboxylic acids is 1. The Labute approximate surface area is 176 Å². The van der Waals surface area contributed by atoms with E-state index >= 15 is 0 Å². The van der Waals surface area contributed by atoms with Gasteiger partial charge in [-0.2, -0.15) is 20.3 Å². The molecule has 4 rings (SSSR count). The Balaban J connectivity index is 1.47. The summed E-state index contributed by atoms with van der Waals surface area (Å²) >= 11 is 1.19. The Bertz CT molecular complexity index is 1210. The Morgan fingerprint density at radius 1 is 1.10 bits per heavy atom. The molecule has 2 heterocycles. The van der Waals surface area contributed by atoms with Gasteiger partial charge in [-0.3, -0.25) is 9.52 Å². The highest BCUT2D eigenvalue weighted by Gasteiger charge is 2.34. The number of hydrogen-bond acceptors (Lipinski definition) is 8. The van der Waals surface area contributed by atoms with E-state index in [1.54, 1.807) is 24.4 Å². The van der Waals surface area contributed by atoms with Crippen LogP contribution in [0.1, 0.15) is 6.92 Å². The zero-order valence-electron chi connectivity index (χ0n) is 15.7. The van der Waals surface area contributed by atoms with Crippen LogP contribution in [0.2, 0.25) is 0 Å². The van der Waals surface area contributed by atoms with Gasteiger partial charge in [-0.05, 0) is 43.3 Å². The highest BCUT2D eigenvalue weighted by Crippen LogP contribution is 2.24. The SMILES string of the molecule is CC1=NN(c2ccccc2)C(=O)C1N=Nc1ccc(S(=O)(=O)Nc2nccs2)cc1.